The number of nitrogens with one attached hydrogen (secondary N) is 1. The molecule has 1 heterocycles. The molecular formula is C22H29FN2O3S. The Hall–Kier alpha value is -2.28. The zero-order chi connectivity index (χ0) is 21.4. The lowest BCUT2D eigenvalue weighted by Crippen LogP contribution is -2.24. The monoisotopic (exact) mass is 420 g/mol. The summed E-state index contributed by atoms with van der Waals surface area (Å²) in [6.45, 7) is 4.25. The normalized spacial score (nSPS) is 12.7. The molecule has 0 fully saturated rings. The number of carbonyl (C=O) groups is 1. The average Bonchev–Trinajstić information content (AvgIpc) is 2.67. The minimum atomic E-state index is -3.30. The highest BCUT2D eigenvalue weighted by molar-refractivity contribution is 7.90. The predicted molar refractivity (Wildman–Crippen MR) is 113 cm³/mol. The third-order valence-corrected chi connectivity index (χ3v) is 6.10. The van der Waals surface area contributed by atoms with Gasteiger partial charge in [0.2, 0.25) is 5.91 Å². The van der Waals surface area contributed by atoms with Crippen LogP contribution in [0.3, 0.4) is 0 Å². The third-order valence-electron chi connectivity index (χ3n) is 4.97. The van der Waals surface area contributed by atoms with Gasteiger partial charge < -0.3 is 5.32 Å². The van der Waals surface area contributed by atoms with E-state index in [2.05, 4.69) is 24.1 Å². The highest BCUT2D eigenvalue weighted by atomic mass is 32.2. The van der Waals surface area contributed by atoms with E-state index in [9.17, 15) is 17.6 Å². The maximum Gasteiger partial charge on any atom is 0.233 e. The first-order chi connectivity index (χ1) is 13.7. The van der Waals surface area contributed by atoms with Gasteiger partial charge >= 0.3 is 0 Å². The van der Waals surface area contributed by atoms with Crippen molar-refractivity contribution in [2.24, 2.45) is 5.92 Å². The Kier molecular flexibility index (Phi) is 8.32. The van der Waals surface area contributed by atoms with Crippen molar-refractivity contribution in [2.75, 3.05) is 11.6 Å². The second-order valence-electron chi connectivity index (χ2n) is 7.42. The number of hydrogen-bond acceptors (Lipinski definition) is 4. The number of carbonyl (C=O) groups excluding carboxylic acids is 1. The van der Waals surface area contributed by atoms with Crippen LogP contribution in [0.2, 0.25) is 0 Å². The maximum absolute atomic E-state index is 13.1. The molecule has 1 N–H and O–H groups in total. The van der Waals surface area contributed by atoms with Gasteiger partial charge in [-0.2, -0.15) is 0 Å². The highest BCUT2D eigenvalue weighted by Gasteiger charge is 2.25. The van der Waals surface area contributed by atoms with Crippen molar-refractivity contribution in [1.29, 1.82) is 0 Å². The molecule has 5 nitrogen and oxygen atoms in total. The van der Waals surface area contributed by atoms with Crippen LogP contribution in [0.4, 0.5) is 10.2 Å². The second kappa shape index (κ2) is 10.5. The molecule has 1 amide bonds. The van der Waals surface area contributed by atoms with E-state index in [0.717, 1.165) is 43.7 Å². The van der Waals surface area contributed by atoms with E-state index in [0.29, 0.717) is 12.3 Å². The number of rotatable bonds is 10. The van der Waals surface area contributed by atoms with Gasteiger partial charge in [0.15, 0.2) is 9.84 Å². The smallest absolute Gasteiger partial charge is 0.233 e. The SMILES string of the molecule is CCCC(CCC)C[C@@H](C(=O)Nc1ccc(F)cn1)c1ccc(S(C)(=O)=O)cc1. The summed E-state index contributed by atoms with van der Waals surface area (Å²) in [4.78, 5) is 17.2. The van der Waals surface area contributed by atoms with Crippen LogP contribution in [0.1, 0.15) is 57.4 Å². The Balaban J connectivity index is 2.30. The standard InChI is InChI=1S/C22H29FN2O3S/c1-4-6-16(7-5-2)14-20(17-8-11-19(12-9-17)29(3,27)28)22(26)25-21-13-10-18(23)15-24-21/h8-13,15-16,20H,4-7,14H2,1-3H3,(H,24,25,26)/t20-/m1/s1. The number of sulfone groups is 1. The minimum Gasteiger partial charge on any atom is -0.310 e. The molecule has 0 unspecified atom stereocenters. The molecule has 0 aliphatic heterocycles. The molecule has 7 heteroatoms. The Bertz CT molecular complexity index is 891. The fraction of sp³-hybridized carbons (Fsp3) is 0.455. The Morgan fingerprint density at radius 2 is 1.69 bits per heavy atom. The summed E-state index contributed by atoms with van der Waals surface area (Å²) < 4.78 is 36.6. The highest BCUT2D eigenvalue weighted by Crippen LogP contribution is 2.31. The van der Waals surface area contributed by atoms with Crippen molar-refractivity contribution in [3.05, 3.63) is 54.0 Å². The van der Waals surface area contributed by atoms with Gasteiger partial charge in [0.1, 0.15) is 11.6 Å². The number of benzene rings is 1. The van der Waals surface area contributed by atoms with Gasteiger partial charge in [-0.15, -0.1) is 0 Å². The molecule has 0 bridgehead atoms. The zero-order valence-corrected chi connectivity index (χ0v) is 18.0. The van der Waals surface area contributed by atoms with E-state index in [1.165, 1.54) is 24.3 Å². The summed E-state index contributed by atoms with van der Waals surface area (Å²) in [5, 5.41) is 2.77. The molecule has 0 aliphatic rings. The summed E-state index contributed by atoms with van der Waals surface area (Å²) in [5.41, 5.74) is 0.759. The summed E-state index contributed by atoms with van der Waals surface area (Å²) >= 11 is 0. The van der Waals surface area contributed by atoms with Gasteiger partial charge in [0.25, 0.3) is 0 Å². The minimum absolute atomic E-state index is 0.222. The van der Waals surface area contributed by atoms with Crippen LogP contribution in [0.25, 0.3) is 0 Å². The molecule has 0 aliphatic carbocycles. The van der Waals surface area contributed by atoms with Gasteiger partial charge in [-0.3, -0.25) is 4.79 Å². The largest absolute Gasteiger partial charge is 0.310 e. The maximum atomic E-state index is 13.1. The Morgan fingerprint density at radius 1 is 1.07 bits per heavy atom. The van der Waals surface area contributed by atoms with E-state index in [-0.39, 0.29) is 16.6 Å². The van der Waals surface area contributed by atoms with Gasteiger partial charge in [-0.1, -0.05) is 51.7 Å². The van der Waals surface area contributed by atoms with E-state index in [1.807, 2.05) is 0 Å². The van der Waals surface area contributed by atoms with Gasteiger partial charge in [0.05, 0.1) is 17.0 Å². The first kappa shape index (κ1) is 23.0. The van der Waals surface area contributed by atoms with E-state index in [4.69, 9.17) is 0 Å². The van der Waals surface area contributed by atoms with Crippen molar-refractivity contribution < 1.29 is 17.6 Å². The van der Waals surface area contributed by atoms with Crippen molar-refractivity contribution >= 4 is 21.6 Å². The van der Waals surface area contributed by atoms with Crippen LogP contribution in [0.15, 0.2) is 47.5 Å². The molecule has 158 valence electrons. The number of amides is 1. The molecule has 29 heavy (non-hydrogen) atoms. The second-order valence-corrected chi connectivity index (χ2v) is 9.44. The Morgan fingerprint density at radius 3 is 2.17 bits per heavy atom. The van der Waals surface area contributed by atoms with Crippen LogP contribution >= 0.6 is 0 Å². The lowest BCUT2D eigenvalue weighted by Gasteiger charge is -2.23. The fourth-order valence-corrected chi connectivity index (χ4v) is 4.17. The van der Waals surface area contributed by atoms with Crippen LogP contribution < -0.4 is 5.32 Å². The van der Waals surface area contributed by atoms with Crippen molar-refractivity contribution in [2.45, 2.75) is 56.8 Å². The molecule has 1 aromatic heterocycles. The molecule has 0 saturated heterocycles. The van der Waals surface area contributed by atoms with Gasteiger partial charge in [-0.05, 0) is 42.2 Å². The lowest BCUT2D eigenvalue weighted by molar-refractivity contribution is -0.118. The van der Waals surface area contributed by atoms with Crippen LogP contribution in [-0.2, 0) is 14.6 Å². The molecule has 0 spiro atoms. The Labute approximate surface area is 172 Å². The summed E-state index contributed by atoms with van der Waals surface area (Å²) in [7, 11) is -3.30. The van der Waals surface area contributed by atoms with Crippen molar-refractivity contribution in [1.82, 2.24) is 4.98 Å². The van der Waals surface area contributed by atoms with Crippen LogP contribution in [0.5, 0.6) is 0 Å². The number of nitrogens with zero attached hydrogens (tertiary/aromatic N) is 1. The topological polar surface area (TPSA) is 76.1 Å². The number of anilines is 1. The average molecular weight is 421 g/mol. The van der Waals surface area contributed by atoms with Crippen molar-refractivity contribution in [3.8, 4) is 0 Å². The summed E-state index contributed by atoms with van der Waals surface area (Å²) in [5.74, 6) is -0.470. The molecule has 1 aromatic carbocycles. The van der Waals surface area contributed by atoms with E-state index < -0.39 is 21.6 Å². The number of hydrogen-bond donors (Lipinski definition) is 1. The molecule has 0 radical (unpaired) electrons. The lowest BCUT2D eigenvalue weighted by atomic mass is 9.84. The number of halogens is 1. The van der Waals surface area contributed by atoms with Gasteiger partial charge in [0, 0.05) is 6.26 Å². The van der Waals surface area contributed by atoms with Crippen molar-refractivity contribution in [3.63, 3.8) is 0 Å². The third kappa shape index (κ3) is 6.92. The fourth-order valence-electron chi connectivity index (χ4n) is 3.53. The number of aromatic nitrogens is 1. The molecule has 0 saturated carbocycles. The predicted octanol–water partition coefficient (Wildman–Crippen LogP) is 4.95. The molecular weight excluding hydrogens is 391 g/mol. The number of pyridine rings is 1. The van der Waals surface area contributed by atoms with Gasteiger partial charge in [-0.25, -0.2) is 17.8 Å². The van der Waals surface area contributed by atoms with Crippen LogP contribution in [0, 0.1) is 11.7 Å². The van der Waals surface area contributed by atoms with Crippen LogP contribution in [-0.4, -0.2) is 25.6 Å². The molecule has 1 atom stereocenters. The molecule has 2 aromatic rings. The first-order valence-corrected chi connectivity index (χ1v) is 11.9. The quantitative estimate of drug-likeness (QED) is 0.590. The summed E-state index contributed by atoms with van der Waals surface area (Å²) in [6.07, 6.45) is 6.99. The zero-order valence-electron chi connectivity index (χ0n) is 17.2. The first-order valence-electron chi connectivity index (χ1n) is 9.97. The molecule has 2 rings (SSSR count). The summed E-state index contributed by atoms with van der Waals surface area (Å²) in [6, 6.07) is 9.15. The van der Waals surface area contributed by atoms with E-state index in [1.54, 1.807) is 12.1 Å². The van der Waals surface area contributed by atoms with E-state index >= 15 is 0 Å².